The van der Waals surface area contributed by atoms with E-state index in [4.69, 9.17) is 9.84 Å². The molecule has 0 radical (unpaired) electrons. The summed E-state index contributed by atoms with van der Waals surface area (Å²) in [4.78, 5) is 25.0. The highest BCUT2D eigenvalue weighted by Gasteiger charge is 2.34. The summed E-state index contributed by atoms with van der Waals surface area (Å²) in [5.41, 5.74) is 1.07. The summed E-state index contributed by atoms with van der Waals surface area (Å²) in [6.45, 7) is 2.56. The molecule has 1 aromatic carbocycles. The van der Waals surface area contributed by atoms with Crippen LogP contribution in [-0.2, 0) is 16.0 Å². The number of methoxy groups -OCH3 is 1. The van der Waals surface area contributed by atoms with Crippen molar-refractivity contribution in [3.8, 4) is 5.75 Å². The van der Waals surface area contributed by atoms with E-state index in [0.29, 0.717) is 19.4 Å². The van der Waals surface area contributed by atoms with Crippen LogP contribution in [0.5, 0.6) is 5.75 Å². The summed E-state index contributed by atoms with van der Waals surface area (Å²) < 4.78 is 5.33. The minimum Gasteiger partial charge on any atom is -0.496 e. The normalized spacial score (nSPS) is 19.0. The number of rotatable bonds is 6. The fourth-order valence-electron chi connectivity index (χ4n) is 3.06. The first kappa shape index (κ1) is 16.3. The molecule has 1 fully saturated rings. The number of benzene rings is 1. The average Bonchev–Trinajstić information content (AvgIpc) is 2.97. The maximum atomic E-state index is 12.3. The van der Waals surface area contributed by atoms with Crippen molar-refractivity contribution < 1.29 is 19.4 Å². The van der Waals surface area contributed by atoms with Crippen molar-refractivity contribution in [1.29, 1.82) is 0 Å². The molecule has 0 aliphatic carbocycles. The number of carboxylic acids is 1. The quantitative estimate of drug-likeness (QED) is 0.876. The van der Waals surface area contributed by atoms with Crippen LogP contribution in [-0.4, -0.2) is 41.6 Å². The Morgan fingerprint density at radius 3 is 2.82 bits per heavy atom. The van der Waals surface area contributed by atoms with Crippen molar-refractivity contribution in [2.75, 3.05) is 13.7 Å². The van der Waals surface area contributed by atoms with Crippen LogP contribution in [0.4, 0.5) is 0 Å². The molecule has 120 valence electrons. The van der Waals surface area contributed by atoms with Gasteiger partial charge in [0.2, 0.25) is 5.91 Å². The minimum absolute atomic E-state index is 0.0627. The summed E-state index contributed by atoms with van der Waals surface area (Å²) in [5.74, 6) is 0.000702. The van der Waals surface area contributed by atoms with Crippen molar-refractivity contribution in [3.05, 3.63) is 29.8 Å². The largest absolute Gasteiger partial charge is 0.496 e. The van der Waals surface area contributed by atoms with Crippen LogP contribution in [0, 0.1) is 5.92 Å². The monoisotopic (exact) mass is 305 g/mol. The summed E-state index contributed by atoms with van der Waals surface area (Å²) >= 11 is 0. The lowest BCUT2D eigenvalue weighted by molar-refractivity contribution is -0.148. The van der Waals surface area contributed by atoms with Gasteiger partial charge in [0.15, 0.2) is 0 Å². The highest BCUT2D eigenvalue weighted by molar-refractivity contribution is 5.84. The molecule has 1 amide bonds. The van der Waals surface area contributed by atoms with Gasteiger partial charge in [0.05, 0.1) is 7.11 Å². The summed E-state index contributed by atoms with van der Waals surface area (Å²) in [6.07, 6.45) is 2.43. The van der Waals surface area contributed by atoms with Crippen molar-refractivity contribution in [2.45, 2.75) is 38.6 Å². The number of likely N-dealkylation sites (tertiary alicyclic amines) is 1. The summed E-state index contributed by atoms with van der Waals surface area (Å²) in [6, 6.07) is 7.12. The Hall–Kier alpha value is -2.04. The van der Waals surface area contributed by atoms with E-state index in [0.717, 1.165) is 24.2 Å². The first-order valence-electron chi connectivity index (χ1n) is 7.67. The van der Waals surface area contributed by atoms with Crippen LogP contribution in [0.3, 0.4) is 0 Å². The van der Waals surface area contributed by atoms with Gasteiger partial charge in [-0.15, -0.1) is 0 Å². The fourth-order valence-corrected chi connectivity index (χ4v) is 3.06. The van der Waals surface area contributed by atoms with Gasteiger partial charge in [-0.3, -0.25) is 4.79 Å². The molecule has 1 saturated heterocycles. The molecule has 1 unspecified atom stereocenters. The first-order valence-corrected chi connectivity index (χ1v) is 7.67. The number of aliphatic carboxylic acids is 1. The van der Waals surface area contributed by atoms with Crippen LogP contribution in [0.25, 0.3) is 0 Å². The second-order valence-corrected chi connectivity index (χ2v) is 5.91. The van der Waals surface area contributed by atoms with Crippen LogP contribution in [0.2, 0.25) is 0 Å². The number of nitrogens with zero attached hydrogens (tertiary/aromatic N) is 1. The van der Waals surface area contributed by atoms with Crippen molar-refractivity contribution in [1.82, 2.24) is 4.90 Å². The molecule has 1 aromatic rings. The second kappa shape index (κ2) is 7.29. The van der Waals surface area contributed by atoms with E-state index in [-0.39, 0.29) is 11.8 Å². The molecular weight excluding hydrogens is 282 g/mol. The molecule has 0 aromatic heterocycles. The van der Waals surface area contributed by atoms with E-state index in [1.54, 1.807) is 7.11 Å². The molecule has 1 aliphatic heterocycles. The molecule has 0 spiro atoms. The molecule has 1 heterocycles. The van der Waals surface area contributed by atoms with Gasteiger partial charge in [0.25, 0.3) is 0 Å². The van der Waals surface area contributed by atoms with E-state index >= 15 is 0 Å². The van der Waals surface area contributed by atoms with Crippen molar-refractivity contribution >= 4 is 11.9 Å². The maximum absolute atomic E-state index is 12.3. The zero-order valence-electron chi connectivity index (χ0n) is 13.1. The van der Waals surface area contributed by atoms with E-state index in [1.807, 2.05) is 31.2 Å². The van der Waals surface area contributed by atoms with Gasteiger partial charge in [-0.05, 0) is 36.8 Å². The Morgan fingerprint density at radius 2 is 2.14 bits per heavy atom. The smallest absolute Gasteiger partial charge is 0.326 e. The number of amides is 1. The minimum atomic E-state index is -0.900. The fraction of sp³-hybridized carbons (Fsp3) is 0.529. The molecule has 22 heavy (non-hydrogen) atoms. The first-order chi connectivity index (χ1) is 10.5. The standard InChI is InChI=1S/C17H23NO4/c1-12(10-13-6-3-4-8-15(13)22-2)11-16(19)18-9-5-7-14(18)17(20)21/h3-4,6,8,12,14H,5,7,9-11H2,1-2H3,(H,20,21)/t12?,14-/m1/s1. The Kier molecular flexibility index (Phi) is 5.41. The highest BCUT2D eigenvalue weighted by atomic mass is 16.5. The molecule has 2 atom stereocenters. The van der Waals surface area contributed by atoms with Gasteiger partial charge in [0, 0.05) is 13.0 Å². The van der Waals surface area contributed by atoms with Crippen LogP contribution < -0.4 is 4.74 Å². The second-order valence-electron chi connectivity index (χ2n) is 5.91. The predicted molar refractivity (Wildman–Crippen MR) is 82.8 cm³/mol. The maximum Gasteiger partial charge on any atom is 0.326 e. The molecule has 1 N–H and O–H groups in total. The van der Waals surface area contributed by atoms with E-state index in [1.165, 1.54) is 4.90 Å². The number of ether oxygens (including phenoxy) is 1. The number of para-hydroxylation sites is 1. The van der Waals surface area contributed by atoms with Crippen LogP contribution in [0.1, 0.15) is 31.7 Å². The van der Waals surface area contributed by atoms with Gasteiger partial charge >= 0.3 is 5.97 Å². The van der Waals surface area contributed by atoms with Gasteiger partial charge in [-0.1, -0.05) is 25.1 Å². The number of hydrogen-bond donors (Lipinski definition) is 1. The summed E-state index contributed by atoms with van der Waals surface area (Å²) in [7, 11) is 1.64. The SMILES string of the molecule is COc1ccccc1CC(C)CC(=O)N1CCC[C@@H]1C(=O)O. The molecule has 0 saturated carbocycles. The highest BCUT2D eigenvalue weighted by Crippen LogP contribution is 2.24. The van der Waals surface area contributed by atoms with Gasteiger partial charge in [-0.25, -0.2) is 4.79 Å². The zero-order valence-corrected chi connectivity index (χ0v) is 13.1. The number of carbonyl (C=O) groups excluding carboxylic acids is 1. The van der Waals surface area contributed by atoms with E-state index in [2.05, 4.69) is 0 Å². The Labute approximate surface area is 130 Å². The van der Waals surface area contributed by atoms with Crippen LogP contribution >= 0.6 is 0 Å². The summed E-state index contributed by atoms with van der Waals surface area (Å²) in [5, 5.41) is 9.16. The molecule has 2 rings (SSSR count). The molecule has 0 bridgehead atoms. The lowest BCUT2D eigenvalue weighted by Gasteiger charge is -2.23. The molecule has 5 nitrogen and oxygen atoms in total. The van der Waals surface area contributed by atoms with Gasteiger partial charge in [-0.2, -0.15) is 0 Å². The number of carbonyl (C=O) groups is 2. The third kappa shape index (κ3) is 3.78. The van der Waals surface area contributed by atoms with E-state index in [9.17, 15) is 9.59 Å². The lowest BCUT2D eigenvalue weighted by atomic mass is 9.96. The number of hydrogen-bond acceptors (Lipinski definition) is 3. The Bertz CT molecular complexity index is 543. The Morgan fingerprint density at radius 1 is 1.41 bits per heavy atom. The third-order valence-electron chi connectivity index (χ3n) is 4.14. The predicted octanol–water partition coefficient (Wildman–Crippen LogP) is 2.34. The van der Waals surface area contributed by atoms with Gasteiger partial charge < -0.3 is 14.7 Å². The van der Waals surface area contributed by atoms with Gasteiger partial charge in [0.1, 0.15) is 11.8 Å². The van der Waals surface area contributed by atoms with Crippen molar-refractivity contribution in [3.63, 3.8) is 0 Å². The van der Waals surface area contributed by atoms with Crippen LogP contribution in [0.15, 0.2) is 24.3 Å². The molecule has 5 heteroatoms. The lowest BCUT2D eigenvalue weighted by Crippen LogP contribution is -2.41. The average molecular weight is 305 g/mol. The van der Waals surface area contributed by atoms with E-state index < -0.39 is 12.0 Å². The molecule has 1 aliphatic rings. The van der Waals surface area contributed by atoms with Crippen molar-refractivity contribution in [2.24, 2.45) is 5.92 Å². The topological polar surface area (TPSA) is 66.8 Å². The zero-order chi connectivity index (χ0) is 16.1. The Balaban J connectivity index is 1.95. The number of carboxylic acid groups (broad SMARTS) is 1. The molecular formula is C17H23NO4. The third-order valence-corrected chi connectivity index (χ3v) is 4.14.